The Bertz CT molecular complexity index is 96.8. The first-order valence-electron chi connectivity index (χ1n) is 0.698. The lowest BCUT2D eigenvalue weighted by Crippen LogP contribution is -1.89. The Labute approximate surface area is 59.7 Å². The summed E-state index contributed by atoms with van der Waals surface area (Å²) in [5.41, 5.74) is 0. The monoisotopic (exact) mass is 183 g/mol. The van der Waals surface area contributed by atoms with Crippen LogP contribution in [0.1, 0.15) is 0 Å². The van der Waals surface area contributed by atoms with Crippen LogP contribution in [0.5, 0.6) is 0 Å². The highest BCUT2D eigenvalue weighted by atomic mass is 32.3. The molecule has 0 saturated carbocycles. The van der Waals surface area contributed by atoms with Crippen molar-refractivity contribution in [3.63, 3.8) is 0 Å². The van der Waals surface area contributed by atoms with E-state index in [-0.39, 0.29) is 30.8 Å². The topological polar surface area (TPSA) is 250 Å². The Morgan fingerprint density at radius 1 is 0.700 bits per heavy atom. The van der Waals surface area contributed by atoms with Gasteiger partial charge >= 0.3 is 10.4 Å². The third kappa shape index (κ3) is 3130. The van der Waals surface area contributed by atoms with Gasteiger partial charge in [0.1, 0.15) is 0 Å². The van der Waals surface area contributed by atoms with Crippen molar-refractivity contribution in [2.75, 3.05) is 0 Å². The molecule has 72 valence electrons. The molecule has 0 fully saturated rings. The van der Waals surface area contributed by atoms with E-state index >= 15 is 0 Å². The standard InChI is InChI=1S/5H3N.H2O4S/c;;;;;1-5(2,3)4/h5*1H3;(H2,1,2,3,4). The molecule has 0 aliphatic rings. The molecule has 17 N–H and O–H groups in total. The van der Waals surface area contributed by atoms with Gasteiger partial charge in [-0.05, 0) is 0 Å². The van der Waals surface area contributed by atoms with Gasteiger partial charge in [-0.1, -0.05) is 0 Å². The minimum atomic E-state index is -4.67. The Hall–Kier alpha value is -0.330. The quantitative estimate of drug-likeness (QED) is 0.252. The van der Waals surface area contributed by atoms with Gasteiger partial charge in [0.15, 0.2) is 0 Å². The van der Waals surface area contributed by atoms with E-state index in [1.807, 2.05) is 0 Å². The van der Waals surface area contributed by atoms with Crippen molar-refractivity contribution in [3.8, 4) is 0 Å². The highest BCUT2D eigenvalue weighted by molar-refractivity contribution is 7.79. The first-order valence-corrected chi connectivity index (χ1v) is 2.10. The van der Waals surface area contributed by atoms with Crippen LogP contribution in [0, 0.1) is 0 Å². The summed E-state index contributed by atoms with van der Waals surface area (Å²) in [4.78, 5) is 0. The number of hydrogen-bond acceptors (Lipinski definition) is 7. The molecular weight excluding hydrogens is 166 g/mol. The molecule has 0 aliphatic carbocycles. The summed E-state index contributed by atoms with van der Waals surface area (Å²) >= 11 is 0. The van der Waals surface area contributed by atoms with Crippen molar-refractivity contribution in [1.82, 2.24) is 30.8 Å². The van der Waals surface area contributed by atoms with E-state index in [1.54, 1.807) is 0 Å². The molecule has 10 heavy (non-hydrogen) atoms. The van der Waals surface area contributed by atoms with Crippen LogP contribution >= 0.6 is 0 Å². The SMILES string of the molecule is N.N.N.N.N.O=S(=O)(O)O. The Morgan fingerprint density at radius 2 is 0.700 bits per heavy atom. The van der Waals surface area contributed by atoms with Gasteiger partial charge in [-0.15, -0.1) is 0 Å². The van der Waals surface area contributed by atoms with Crippen LogP contribution in [-0.4, -0.2) is 17.5 Å². The molecule has 0 saturated heterocycles. The zero-order valence-electron chi connectivity index (χ0n) is 5.65. The van der Waals surface area contributed by atoms with Crippen LogP contribution < -0.4 is 30.8 Å². The lowest BCUT2D eigenvalue weighted by atomic mass is 14.0. The molecule has 0 aliphatic heterocycles. The molecule has 0 aromatic heterocycles. The second-order valence-electron chi connectivity index (χ2n) is 0.448. The van der Waals surface area contributed by atoms with E-state index in [9.17, 15) is 0 Å². The molecule has 0 unspecified atom stereocenters. The average Bonchev–Trinajstić information content (AvgIpc) is 0.722. The van der Waals surface area contributed by atoms with Crippen molar-refractivity contribution in [2.24, 2.45) is 0 Å². The van der Waals surface area contributed by atoms with Crippen LogP contribution in [0.15, 0.2) is 0 Å². The molecule has 0 amide bonds. The van der Waals surface area contributed by atoms with E-state index in [0.29, 0.717) is 0 Å². The normalized spacial score (nSPS) is 5.80. The van der Waals surface area contributed by atoms with Gasteiger partial charge < -0.3 is 30.8 Å². The van der Waals surface area contributed by atoms with Crippen molar-refractivity contribution in [3.05, 3.63) is 0 Å². The number of rotatable bonds is 0. The van der Waals surface area contributed by atoms with Gasteiger partial charge in [0.25, 0.3) is 0 Å². The van der Waals surface area contributed by atoms with Crippen molar-refractivity contribution in [1.29, 1.82) is 0 Å². The fourth-order valence-corrected chi connectivity index (χ4v) is 0. The van der Waals surface area contributed by atoms with Crippen molar-refractivity contribution in [2.45, 2.75) is 0 Å². The zero-order chi connectivity index (χ0) is 4.50. The average molecular weight is 183 g/mol. The third-order valence-electron chi connectivity index (χ3n) is 0. The van der Waals surface area contributed by atoms with E-state index in [1.165, 1.54) is 0 Å². The van der Waals surface area contributed by atoms with Gasteiger partial charge in [-0.25, -0.2) is 0 Å². The second kappa shape index (κ2) is 15.9. The van der Waals surface area contributed by atoms with E-state index in [4.69, 9.17) is 17.5 Å². The van der Waals surface area contributed by atoms with E-state index in [0.717, 1.165) is 0 Å². The molecule has 0 aromatic carbocycles. The summed E-state index contributed by atoms with van der Waals surface area (Å²) in [6.07, 6.45) is 0. The summed E-state index contributed by atoms with van der Waals surface area (Å²) in [6, 6.07) is 0. The maximum absolute atomic E-state index is 8.74. The number of hydrogen-bond donors (Lipinski definition) is 7. The molecule has 0 rings (SSSR count). The van der Waals surface area contributed by atoms with Gasteiger partial charge in [0, 0.05) is 0 Å². The molecule has 0 spiro atoms. The summed E-state index contributed by atoms with van der Waals surface area (Å²) < 4.78 is 31.6. The molecule has 10 heteroatoms. The Kier molecular flexibility index (Phi) is 85.6. The van der Waals surface area contributed by atoms with Crippen molar-refractivity contribution < 1.29 is 17.5 Å². The highest BCUT2D eigenvalue weighted by Gasteiger charge is 1.84. The summed E-state index contributed by atoms with van der Waals surface area (Å²) in [7, 11) is -4.67. The van der Waals surface area contributed by atoms with Gasteiger partial charge in [0.05, 0.1) is 0 Å². The van der Waals surface area contributed by atoms with Crippen LogP contribution in [0.3, 0.4) is 0 Å². The van der Waals surface area contributed by atoms with E-state index < -0.39 is 10.4 Å². The van der Waals surface area contributed by atoms with Gasteiger partial charge in [-0.2, -0.15) is 8.42 Å². The lowest BCUT2D eigenvalue weighted by molar-refractivity contribution is 0.381. The fraction of sp³-hybridized carbons (Fsp3) is 0. The fourth-order valence-electron chi connectivity index (χ4n) is 0. The maximum Gasteiger partial charge on any atom is 0.394 e. The minimum Gasteiger partial charge on any atom is -0.344 e. The largest absolute Gasteiger partial charge is 0.394 e. The summed E-state index contributed by atoms with van der Waals surface area (Å²) in [5, 5.41) is 0. The van der Waals surface area contributed by atoms with Gasteiger partial charge in [0.2, 0.25) is 0 Å². The minimum absolute atomic E-state index is 0. The lowest BCUT2D eigenvalue weighted by Gasteiger charge is -1.68. The molecular formula is H17N5O4S. The zero-order valence-corrected chi connectivity index (χ0v) is 6.47. The first-order chi connectivity index (χ1) is 2.00. The predicted octanol–water partition coefficient (Wildman–Crippen LogP) is 0.157. The van der Waals surface area contributed by atoms with Crippen LogP contribution in [0.25, 0.3) is 0 Å². The first kappa shape index (κ1) is 54.0. The molecule has 0 radical (unpaired) electrons. The van der Waals surface area contributed by atoms with Gasteiger partial charge in [-0.3, -0.25) is 9.11 Å². The predicted molar refractivity (Wildman–Crippen MR) is 39.3 cm³/mol. The summed E-state index contributed by atoms with van der Waals surface area (Å²) in [6.45, 7) is 0. The molecule has 9 nitrogen and oxygen atoms in total. The van der Waals surface area contributed by atoms with Crippen LogP contribution in [0.2, 0.25) is 0 Å². The molecule has 0 bridgehead atoms. The Balaban J connectivity index is -0.00000000800. The highest BCUT2D eigenvalue weighted by Crippen LogP contribution is 1.59. The van der Waals surface area contributed by atoms with E-state index in [2.05, 4.69) is 0 Å². The molecule has 0 heterocycles. The maximum atomic E-state index is 8.74. The van der Waals surface area contributed by atoms with Crippen LogP contribution in [-0.2, 0) is 10.4 Å². The second-order valence-corrected chi connectivity index (χ2v) is 1.34. The molecule has 0 atom stereocenters. The summed E-state index contributed by atoms with van der Waals surface area (Å²) in [5.74, 6) is 0. The molecule has 0 aromatic rings. The smallest absolute Gasteiger partial charge is 0.344 e. The Morgan fingerprint density at radius 3 is 0.700 bits per heavy atom. The van der Waals surface area contributed by atoms with Crippen molar-refractivity contribution >= 4 is 10.4 Å². The third-order valence-corrected chi connectivity index (χ3v) is 0. The van der Waals surface area contributed by atoms with Crippen LogP contribution in [0.4, 0.5) is 0 Å².